The summed E-state index contributed by atoms with van der Waals surface area (Å²) < 4.78 is 3.12. The summed E-state index contributed by atoms with van der Waals surface area (Å²) in [6.45, 7) is 6.03. The van der Waals surface area contributed by atoms with Crippen LogP contribution in [0.4, 0.5) is 5.69 Å². The van der Waals surface area contributed by atoms with E-state index in [4.69, 9.17) is 0 Å². The Bertz CT molecular complexity index is 520. The van der Waals surface area contributed by atoms with Crippen LogP contribution in [-0.4, -0.2) is 9.78 Å². The molecule has 4 heteroatoms. The molecule has 1 aromatic carbocycles. The van der Waals surface area contributed by atoms with Gasteiger partial charge in [0.25, 0.3) is 0 Å². The average Bonchev–Trinajstić information content (AvgIpc) is 2.79. The summed E-state index contributed by atoms with van der Waals surface area (Å²) >= 11 is 3.54. The molecule has 0 saturated heterocycles. The van der Waals surface area contributed by atoms with Gasteiger partial charge in [0.2, 0.25) is 0 Å². The monoisotopic (exact) mass is 307 g/mol. The van der Waals surface area contributed by atoms with Crippen molar-refractivity contribution in [2.24, 2.45) is 0 Å². The number of nitrogens with zero attached hydrogens (tertiary/aromatic N) is 2. The van der Waals surface area contributed by atoms with E-state index in [1.807, 2.05) is 10.9 Å². The van der Waals surface area contributed by atoms with Crippen molar-refractivity contribution in [2.45, 2.75) is 33.4 Å². The largest absolute Gasteiger partial charge is 0.381 e. The van der Waals surface area contributed by atoms with E-state index in [1.54, 1.807) is 0 Å². The molecule has 0 amide bonds. The third-order valence-corrected chi connectivity index (χ3v) is 3.66. The average molecular weight is 308 g/mol. The number of aryl methyl sites for hydroxylation is 2. The first-order valence-corrected chi connectivity index (χ1v) is 6.99. The van der Waals surface area contributed by atoms with E-state index < -0.39 is 0 Å². The van der Waals surface area contributed by atoms with Gasteiger partial charge in [0.1, 0.15) is 0 Å². The highest BCUT2D eigenvalue weighted by Gasteiger charge is 2.00. The van der Waals surface area contributed by atoms with Gasteiger partial charge in [0, 0.05) is 35.0 Å². The Labute approximate surface area is 116 Å². The van der Waals surface area contributed by atoms with Gasteiger partial charge in [-0.25, -0.2) is 0 Å². The van der Waals surface area contributed by atoms with Crippen LogP contribution in [0, 0.1) is 6.92 Å². The van der Waals surface area contributed by atoms with E-state index in [1.165, 1.54) is 11.1 Å². The van der Waals surface area contributed by atoms with Gasteiger partial charge in [0.05, 0.1) is 6.20 Å². The Morgan fingerprint density at radius 3 is 2.94 bits per heavy atom. The fraction of sp³-hybridized carbons (Fsp3) is 0.357. The van der Waals surface area contributed by atoms with Gasteiger partial charge < -0.3 is 5.32 Å². The molecule has 0 fully saturated rings. The molecule has 3 nitrogen and oxygen atoms in total. The molecule has 1 N–H and O–H groups in total. The predicted molar refractivity (Wildman–Crippen MR) is 78.7 cm³/mol. The normalized spacial score (nSPS) is 10.6. The standard InChI is InChI=1S/C14H18BrN3/c1-3-6-18-10-12(9-17-18)8-16-13-5-4-11(2)14(15)7-13/h4-5,7,9-10,16H,3,6,8H2,1-2H3. The summed E-state index contributed by atoms with van der Waals surface area (Å²) in [6, 6.07) is 6.30. The van der Waals surface area contributed by atoms with Crippen LogP contribution in [-0.2, 0) is 13.1 Å². The zero-order valence-electron chi connectivity index (χ0n) is 10.8. The number of hydrogen-bond acceptors (Lipinski definition) is 2. The Hall–Kier alpha value is -1.29. The van der Waals surface area contributed by atoms with Crippen molar-refractivity contribution in [3.8, 4) is 0 Å². The number of anilines is 1. The van der Waals surface area contributed by atoms with Crippen LogP contribution in [0.2, 0.25) is 0 Å². The lowest BCUT2D eigenvalue weighted by atomic mass is 10.2. The first kappa shape index (κ1) is 13.1. The Balaban J connectivity index is 1.95. The molecule has 18 heavy (non-hydrogen) atoms. The van der Waals surface area contributed by atoms with Gasteiger partial charge in [-0.3, -0.25) is 4.68 Å². The number of hydrogen-bond donors (Lipinski definition) is 1. The third kappa shape index (κ3) is 3.35. The van der Waals surface area contributed by atoms with Gasteiger partial charge in [-0.05, 0) is 31.0 Å². The minimum absolute atomic E-state index is 0.805. The van der Waals surface area contributed by atoms with Crippen LogP contribution in [0.25, 0.3) is 0 Å². The lowest BCUT2D eigenvalue weighted by molar-refractivity contribution is 0.602. The lowest BCUT2D eigenvalue weighted by Crippen LogP contribution is -1.99. The first-order chi connectivity index (χ1) is 8.69. The Morgan fingerprint density at radius 1 is 1.39 bits per heavy atom. The van der Waals surface area contributed by atoms with Gasteiger partial charge in [-0.2, -0.15) is 5.10 Å². The summed E-state index contributed by atoms with van der Waals surface area (Å²) in [4.78, 5) is 0. The minimum Gasteiger partial charge on any atom is -0.381 e. The third-order valence-electron chi connectivity index (χ3n) is 2.81. The molecular formula is C14H18BrN3. The van der Waals surface area contributed by atoms with Crippen LogP contribution < -0.4 is 5.32 Å². The van der Waals surface area contributed by atoms with Crippen molar-refractivity contribution in [1.29, 1.82) is 0 Å². The number of aromatic nitrogens is 2. The second-order valence-corrected chi connectivity index (χ2v) is 5.28. The van der Waals surface area contributed by atoms with Gasteiger partial charge in [-0.15, -0.1) is 0 Å². The molecule has 0 saturated carbocycles. The van der Waals surface area contributed by atoms with E-state index >= 15 is 0 Å². The second kappa shape index (κ2) is 6.05. The second-order valence-electron chi connectivity index (χ2n) is 4.43. The predicted octanol–water partition coefficient (Wildman–Crippen LogP) is 3.98. The number of nitrogens with one attached hydrogen (secondary N) is 1. The number of halogens is 1. The molecule has 96 valence electrons. The summed E-state index contributed by atoms with van der Waals surface area (Å²) in [5.74, 6) is 0. The summed E-state index contributed by atoms with van der Waals surface area (Å²) in [5.41, 5.74) is 3.58. The molecule has 0 aliphatic rings. The van der Waals surface area contributed by atoms with Crippen LogP contribution in [0.3, 0.4) is 0 Å². The van der Waals surface area contributed by atoms with E-state index in [0.29, 0.717) is 0 Å². The maximum absolute atomic E-state index is 4.32. The summed E-state index contributed by atoms with van der Waals surface area (Å²) in [6.07, 6.45) is 5.13. The zero-order valence-corrected chi connectivity index (χ0v) is 12.4. The highest BCUT2D eigenvalue weighted by Crippen LogP contribution is 2.20. The van der Waals surface area contributed by atoms with E-state index in [-0.39, 0.29) is 0 Å². The summed E-state index contributed by atoms with van der Waals surface area (Å²) in [7, 11) is 0. The molecule has 1 heterocycles. The molecule has 0 atom stereocenters. The molecule has 0 spiro atoms. The van der Waals surface area contributed by atoms with Crippen molar-refractivity contribution in [2.75, 3.05) is 5.32 Å². The van der Waals surface area contributed by atoms with Crippen LogP contribution in [0.1, 0.15) is 24.5 Å². The fourth-order valence-corrected chi connectivity index (χ4v) is 2.13. The molecule has 0 aliphatic carbocycles. The zero-order chi connectivity index (χ0) is 13.0. The first-order valence-electron chi connectivity index (χ1n) is 6.20. The Kier molecular flexibility index (Phi) is 4.42. The number of rotatable bonds is 5. The summed E-state index contributed by atoms with van der Waals surface area (Å²) in [5, 5.41) is 7.72. The molecule has 1 aromatic heterocycles. The van der Waals surface area contributed by atoms with Gasteiger partial charge >= 0.3 is 0 Å². The van der Waals surface area contributed by atoms with E-state index in [2.05, 4.69) is 64.6 Å². The van der Waals surface area contributed by atoms with Crippen molar-refractivity contribution in [3.05, 3.63) is 46.2 Å². The van der Waals surface area contributed by atoms with E-state index in [9.17, 15) is 0 Å². The van der Waals surface area contributed by atoms with Gasteiger partial charge in [-0.1, -0.05) is 28.9 Å². The molecule has 2 aromatic rings. The smallest absolute Gasteiger partial charge is 0.0539 e. The molecule has 0 unspecified atom stereocenters. The maximum Gasteiger partial charge on any atom is 0.0539 e. The molecule has 0 bridgehead atoms. The Morgan fingerprint density at radius 2 is 2.22 bits per heavy atom. The van der Waals surface area contributed by atoms with Crippen molar-refractivity contribution < 1.29 is 0 Å². The van der Waals surface area contributed by atoms with Crippen molar-refractivity contribution in [1.82, 2.24) is 9.78 Å². The van der Waals surface area contributed by atoms with E-state index in [0.717, 1.165) is 29.7 Å². The van der Waals surface area contributed by atoms with Crippen LogP contribution >= 0.6 is 15.9 Å². The van der Waals surface area contributed by atoms with Gasteiger partial charge in [0.15, 0.2) is 0 Å². The highest BCUT2D eigenvalue weighted by molar-refractivity contribution is 9.10. The molecule has 2 rings (SSSR count). The molecular weight excluding hydrogens is 290 g/mol. The van der Waals surface area contributed by atoms with Crippen molar-refractivity contribution >= 4 is 21.6 Å². The quantitative estimate of drug-likeness (QED) is 0.905. The minimum atomic E-state index is 0.805. The lowest BCUT2D eigenvalue weighted by Gasteiger charge is -2.06. The fourth-order valence-electron chi connectivity index (χ4n) is 1.76. The SMILES string of the molecule is CCCn1cc(CNc2ccc(C)c(Br)c2)cn1. The topological polar surface area (TPSA) is 29.9 Å². The highest BCUT2D eigenvalue weighted by atomic mass is 79.9. The van der Waals surface area contributed by atoms with Crippen LogP contribution in [0.5, 0.6) is 0 Å². The number of benzene rings is 1. The van der Waals surface area contributed by atoms with Crippen molar-refractivity contribution in [3.63, 3.8) is 0 Å². The molecule has 0 aliphatic heterocycles. The molecule has 0 radical (unpaired) electrons. The van der Waals surface area contributed by atoms with Crippen LogP contribution in [0.15, 0.2) is 35.1 Å². The maximum atomic E-state index is 4.32.